The first-order chi connectivity index (χ1) is 14.6. The van der Waals surface area contributed by atoms with Crippen LogP contribution in [-0.2, 0) is 0 Å². The quantitative estimate of drug-likeness (QED) is 0.332. The summed E-state index contributed by atoms with van der Waals surface area (Å²) in [6.45, 7) is 0. The Labute approximate surface area is 181 Å². The number of carbonyl (C=O) groups is 1. The summed E-state index contributed by atoms with van der Waals surface area (Å²) in [6, 6.07) is 29.0. The van der Waals surface area contributed by atoms with Crippen LogP contribution in [0.4, 0.5) is 5.69 Å². The number of fused-ring (bicyclic) bond motifs is 1. The van der Waals surface area contributed by atoms with Gasteiger partial charge in [-0.15, -0.1) is 0 Å². The van der Waals surface area contributed by atoms with Crippen LogP contribution in [0.5, 0.6) is 5.75 Å². The minimum Gasteiger partial charge on any atom is -0.497 e. The number of nitrogens with one attached hydrogen (secondary N) is 1. The maximum atomic E-state index is 13.1. The summed E-state index contributed by atoms with van der Waals surface area (Å²) in [6.07, 6.45) is 0.325. The maximum Gasteiger partial charge on any atom is 0.165 e. The van der Waals surface area contributed by atoms with Crippen LogP contribution in [0, 0.1) is 0 Å². The van der Waals surface area contributed by atoms with Crippen LogP contribution >= 0.6 is 11.6 Å². The Morgan fingerprint density at radius 3 is 2.30 bits per heavy atom. The Balaban J connectivity index is 1.60. The summed E-state index contributed by atoms with van der Waals surface area (Å²) in [7, 11) is 1.64. The van der Waals surface area contributed by atoms with Crippen LogP contribution in [0.2, 0.25) is 5.02 Å². The van der Waals surface area contributed by atoms with E-state index in [2.05, 4.69) is 5.32 Å². The highest BCUT2D eigenvalue weighted by Gasteiger charge is 2.18. The van der Waals surface area contributed by atoms with Crippen molar-refractivity contribution >= 4 is 33.8 Å². The molecule has 0 fully saturated rings. The van der Waals surface area contributed by atoms with Crippen LogP contribution in [0.1, 0.15) is 28.4 Å². The minimum atomic E-state index is -0.186. The van der Waals surface area contributed by atoms with Crippen LogP contribution in [-0.4, -0.2) is 12.9 Å². The lowest BCUT2D eigenvalue weighted by molar-refractivity contribution is 0.0976. The number of hydrogen-bond donors (Lipinski definition) is 1. The first-order valence-electron chi connectivity index (χ1n) is 9.80. The molecule has 1 unspecified atom stereocenters. The number of ketones is 1. The van der Waals surface area contributed by atoms with Gasteiger partial charge in [-0.2, -0.15) is 0 Å². The summed E-state index contributed by atoms with van der Waals surface area (Å²) in [5.41, 5.74) is 2.63. The number of anilines is 1. The van der Waals surface area contributed by atoms with Gasteiger partial charge < -0.3 is 10.1 Å². The van der Waals surface area contributed by atoms with Gasteiger partial charge in [0.1, 0.15) is 5.75 Å². The van der Waals surface area contributed by atoms with E-state index in [0.717, 1.165) is 27.8 Å². The Bertz CT molecular complexity index is 1150. The van der Waals surface area contributed by atoms with Crippen LogP contribution in [0.3, 0.4) is 0 Å². The van der Waals surface area contributed by atoms with Crippen molar-refractivity contribution in [1.29, 1.82) is 0 Å². The standard InChI is InChI=1S/C26H22ClNO2/c1-30-24-14-12-23(13-15-24)28-25(19-8-10-22(27)11-9-19)17-26(29)21-7-6-18-4-2-3-5-20(18)16-21/h2-16,25,28H,17H2,1H3. The number of hydrogen-bond acceptors (Lipinski definition) is 3. The summed E-state index contributed by atoms with van der Waals surface area (Å²) in [5.74, 6) is 0.873. The third-order valence-electron chi connectivity index (χ3n) is 5.16. The van der Waals surface area contributed by atoms with Crippen molar-refractivity contribution in [3.63, 3.8) is 0 Å². The highest BCUT2D eigenvalue weighted by atomic mass is 35.5. The summed E-state index contributed by atoms with van der Waals surface area (Å²) in [5, 5.41) is 6.34. The summed E-state index contributed by atoms with van der Waals surface area (Å²) in [4.78, 5) is 13.1. The molecule has 0 aromatic heterocycles. The minimum absolute atomic E-state index is 0.0849. The van der Waals surface area contributed by atoms with Gasteiger partial charge in [-0.3, -0.25) is 4.79 Å². The van der Waals surface area contributed by atoms with Crippen molar-refractivity contribution in [2.24, 2.45) is 0 Å². The number of carbonyl (C=O) groups excluding carboxylic acids is 1. The molecule has 0 amide bonds. The SMILES string of the molecule is COc1ccc(NC(CC(=O)c2ccc3ccccc3c2)c2ccc(Cl)cc2)cc1. The van der Waals surface area contributed by atoms with Crippen LogP contribution in [0.25, 0.3) is 10.8 Å². The fourth-order valence-electron chi connectivity index (χ4n) is 3.50. The molecular formula is C26H22ClNO2. The van der Waals surface area contributed by atoms with Gasteiger partial charge in [0.05, 0.1) is 13.2 Å². The molecule has 30 heavy (non-hydrogen) atoms. The second-order valence-electron chi connectivity index (χ2n) is 7.17. The highest BCUT2D eigenvalue weighted by Crippen LogP contribution is 2.27. The molecule has 0 saturated carbocycles. The van der Waals surface area contributed by atoms with Crippen molar-refractivity contribution in [2.75, 3.05) is 12.4 Å². The smallest absolute Gasteiger partial charge is 0.165 e. The van der Waals surface area contributed by atoms with Crippen molar-refractivity contribution in [3.05, 3.63) is 107 Å². The predicted octanol–water partition coefficient (Wildman–Crippen LogP) is 6.93. The molecule has 3 nitrogen and oxygen atoms in total. The second kappa shape index (κ2) is 9.02. The number of rotatable bonds is 7. The highest BCUT2D eigenvalue weighted by molar-refractivity contribution is 6.30. The molecule has 4 heteroatoms. The molecule has 0 bridgehead atoms. The van der Waals surface area contributed by atoms with Gasteiger partial charge in [-0.25, -0.2) is 0 Å². The number of methoxy groups -OCH3 is 1. The van der Waals surface area contributed by atoms with Gasteiger partial charge in [0.15, 0.2) is 5.78 Å². The zero-order valence-corrected chi connectivity index (χ0v) is 17.4. The molecule has 4 rings (SSSR count). The second-order valence-corrected chi connectivity index (χ2v) is 7.60. The van der Waals surface area contributed by atoms with E-state index in [9.17, 15) is 4.79 Å². The van der Waals surface area contributed by atoms with Crippen molar-refractivity contribution < 1.29 is 9.53 Å². The lowest BCUT2D eigenvalue weighted by Gasteiger charge is -2.20. The van der Waals surface area contributed by atoms with E-state index in [1.54, 1.807) is 7.11 Å². The average Bonchev–Trinajstić information content (AvgIpc) is 2.79. The Morgan fingerprint density at radius 1 is 0.900 bits per heavy atom. The van der Waals surface area contributed by atoms with Gasteiger partial charge in [-0.1, -0.05) is 60.1 Å². The van der Waals surface area contributed by atoms with Gasteiger partial charge in [0.2, 0.25) is 0 Å². The van der Waals surface area contributed by atoms with E-state index < -0.39 is 0 Å². The van der Waals surface area contributed by atoms with Gasteiger partial charge >= 0.3 is 0 Å². The summed E-state index contributed by atoms with van der Waals surface area (Å²) < 4.78 is 5.23. The zero-order valence-electron chi connectivity index (χ0n) is 16.6. The van der Waals surface area contributed by atoms with Gasteiger partial charge in [-0.05, 0) is 58.8 Å². The van der Waals surface area contributed by atoms with E-state index in [0.29, 0.717) is 17.0 Å². The zero-order chi connectivity index (χ0) is 20.9. The predicted molar refractivity (Wildman–Crippen MR) is 124 cm³/mol. The van der Waals surface area contributed by atoms with E-state index in [-0.39, 0.29) is 11.8 Å². The van der Waals surface area contributed by atoms with Crippen molar-refractivity contribution in [1.82, 2.24) is 0 Å². The Kier molecular flexibility index (Phi) is 6.01. The molecular weight excluding hydrogens is 394 g/mol. The number of ether oxygens (including phenoxy) is 1. The summed E-state index contributed by atoms with van der Waals surface area (Å²) >= 11 is 6.07. The Hall–Kier alpha value is -3.30. The average molecular weight is 416 g/mol. The molecule has 0 aliphatic carbocycles. The van der Waals surface area contributed by atoms with Crippen molar-refractivity contribution in [3.8, 4) is 5.75 Å². The van der Waals surface area contributed by atoms with E-state index in [1.165, 1.54) is 0 Å². The lowest BCUT2D eigenvalue weighted by atomic mass is 9.96. The molecule has 1 atom stereocenters. The largest absolute Gasteiger partial charge is 0.497 e. The van der Waals surface area contributed by atoms with E-state index >= 15 is 0 Å². The number of halogens is 1. The Morgan fingerprint density at radius 2 is 1.60 bits per heavy atom. The molecule has 150 valence electrons. The molecule has 0 heterocycles. The molecule has 0 saturated heterocycles. The first-order valence-corrected chi connectivity index (χ1v) is 10.2. The van der Waals surface area contributed by atoms with E-state index in [1.807, 2.05) is 91.0 Å². The molecule has 1 N–H and O–H groups in total. The van der Waals surface area contributed by atoms with E-state index in [4.69, 9.17) is 16.3 Å². The fourth-order valence-corrected chi connectivity index (χ4v) is 3.63. The van der Waals surface area contributed by atoms with Gasteiger partial charge in [0, 0.05) is 22.7 Å². The molecule has 4 aromatic carbocycles. The monoisotopic (exact) mass is 415 g/mol. The third-order valence-corrected chi connectivity index (χ3v) is 5.42. The molecule has 0 spiro atoms. The maximum absolute atomic E-state index is 13.1. The number of benzene rings is 4. The molecule has 4 aromatic rings. The molecule has 0 aliphatic heterocycles. The lowest BCUT2D eigenvalue weighted by Crippen LogP contribution is -2.16. The van der Waals surface area contributed by atoms with Crippen LogP contribution in [0.15, 0.2) is 91.0 Å². The molecule has 0 aliphatic rings. The first kappa shape index (κ1) is 20.0. The topological polar surface area (TPSA) is 38.3 Å². The third kappa shape index (κ3) is 4.64. The van der Waals surface area contributed by atoms with Crippen LogP contribution < -0.4 is 10.1 Å². The number of Topliss-reactive ketones (excluding diaryl/α,β-unsaturated/α-hetero) is 1. The fraction of sp³-hybridized carbons (Fsp3) is 0.115. The normalized spacial score (nSPS) is 11.8. The van der Waals surface area contributed by atoms with Crippen molar-refractivity contribution in [2.45, 2.75) is 12.5 Å². The van der Waals surface area contributed by atoms with Gasteiger partial charge in [0.25, 0.3) is 0 Å². The molecule has 0 radical (unpaired) electrons.